The monoisotopic (exact) mass is 153 g/mol. The van der Waals surface area contributed by atoms with E-state index < -0.39 is 0 Å². The minimum Gasteiger partial charge on any atom is -0.375 e. The van der Waals surface area contributed by atoms with Crippen LogP contribution in [0.2, 0.25) is 0 Å². The van der Waals surface area contributed by atoms with E-state index in [1.807, 2.05) is 0 Å². The Hall–Kier alpha value is -0.460. The molecule has 0 N–H and O–H groups in total. The number of allylic oxidation sites excluding steroid dienone is 1. The van der Waals surface area contributed by atoms with Gasteiger partial charge in [-0.25, -0.2) is 0 Å². The number of hydrogen-bond donors (Lipinski definition) is 0. The van der Waals surface area contributed by atoms with E-state index in [1.54, 1.807) is 0 Å². The van der Waals surface area contributed by atoms with Crippen LogP contribution in [-0.4, -0.2) is 18.0 Å². The zero-order chi connectivity index (χ0) is 8.65. The molecule has 0 atom stereocenters. The highest BCUT2D eigenvalue weighted by Crippen LogP contribution is 2.34. The topological polar surface area (TPSA) is 3.24 Å². The molecular weight excluding hydrogens is 134 g/mol. The Morgan fingerprint density at radius 2 is 1.82 bits per heavy atom. The van der Waals surface area contributed by atoms with Crippen molar-refractivity contribution in [3.8, 4) is 0 Å². The second-order valence-corrected chi connectivity index (χ2v) is 4.70. The third-order valence-electron chi connectivity index (χ3n) is 2.65. The van der Waals surface area contributed by atoms with Gasteiger partial charge in [0.1, 0.15) is 0 Å². The van der Waals surface area contributed by atoms with Crippen LogP contribution in [0.25, 0.3) is 0 Å². The van der Waals surface area contributed by atoms with Crippen molar-refractivity contribution >= 4 is 0 Å². The molecular formula is C10H19N. The zero-order valence-electron chi connectivity index (χ0n) is 8.15. The summed E-state index contributed by atoms with van der Waals surface area (Å²) in [6.07, 6.45) is 0. The molecule has 1 aliphatic rings. The molecule has 1 fully saturated rings. The van der Waals surface area contributed by atoms with Crippen LogP contribution in [0.1, 0.15) is 27.7 Å². The van der Waals surface area contributed by atoms with Crippen molar-refractivity contribution in [1.82, 2.24) is 4.90 Å². The fourth-order valence-electron chi connectivity index (χ4n) is 1.34. The van der Waals surface area contributed by atoms with Gasteiger partial charge in [0.15, 0.2) is 0 Å². The Balaban J connectivity index is 2.35. The maximum absolute atomic E-state index is 3.92. The molecule has 1 rings (SSSR count). The molecule has 0 aliphatic carbocycles. The molecule has 11 heavy (non-hydrogen) atoms. The molecule has 1 saturated heterocycles. The minimum absolute atomic E-state index is 0.478. The normalized spacial score (nSPS) is 19.8. The average molecular weight is 153 g/mol. The highest BCUT2D eigenvalue weighted by Gasteiger charge is 2.35. The van der Waals surface area contributed by atoms with Crippen LogP contribution in [-0.2, 0) is 0 Å². The summed E-state index contributed by atoms with van der Waals surface area (Å²) in [5, 5.41) is 0. The fraction of sp³-hybridized carbons (Fsp3) is 0.800. The molecule has 0 aromatic carbocycles. The lowest BCUT2D eigenvalue weighted by Gasteiger charge is -2.47. The van der Waals surface area contributed by atoms with Gasteiger partial charge in [-0.15, -0.1) is 0 Å². The molecule has 64 valence electrons. The highest BCUT2D eigenvalue weighted by atomic mass is 15.2. The van der Waals surface area contributed by atoms with E-state index in [0.29, 0.717) is 5.41 Å². The number of hydrogen-bond acceptors (Lipinski definition) is 1. The van der Waals surface area contributed by atoms with E-state index in [9.17, 15) is 0 Å². The summed E-state index contributed by atoms with van der Waals surface area (Å²) in [5.41, 5.74) is 1.69. The number of likely N-dealkylation sites (tertiary alicyclic amines) is 1. The summed E-state index contributed by atoms with van der Waals surface area (Å²) in [6.45, 7) is 15.4. The van der Waals surface area contributed by atoms with Crippen molar-refractivity contribution in [2.75, 3.05) is 13.1 Å². The van der Waals surface area contributed by atoms with Crippen molar-refractivity contribution in [3.05, 3.63) is 12.3 Å². The SMILES string of the molecule is C=C(C)N1CC(C(C)(C)C)C1. The van der Waals surface area contributed by atoms with Crippen molar-refractivity contribution < 1.29 is 0 Å². The molecule has 1 heterocycles. The van der Waals surface area contributed by atoms with Crippen LogP contribution in [0, 0.1) is 11.3 Å². The van der Waals surface area contributed by atoms with Crippen molar-refractivity contribution in [2.45, 2.75) is 27.7 Å². The first-order chi connectivity index (χ1) is 4.91. The van der Waals surface area contributed by atoms with E-state index in [-0.39, 0.29) is 0 Å². The average Bonchev–Trinajstić information content (AvgIpc) is 1.51. The first kappa shape index (κ1) is 8.63. The lowest BCUT2D eigenvalue weighted by Crippen LogP contribution is -2.50. The zero-order valence-corrected chi connectivity index (χ0v) is 8.15. The third kappa shape index (κ3) is 1.76. The van der Waals surface area contributed by atoms with Crippen LogP contribution in [0.15, 0.2) is 12.3 Å². The fourth-order valence-corrected chi connectivity index (χ4v) is 1.34. The molecule has 0 spiro atoms. The molecule has 1 heteroatoms. The summed E-state index contributed by atoms with van der Waals surface area (Å²) in [6, 6.07) is 0. The maximum atomic E-state index is 3.92. The molecule has 0 saturated carbocycles. The molecule has 0 amide bonds. The minimum atomic E-state index is 0.478. The molecule has 1 aliphatic heterocycles. The Morgan fingerprint density at radius 1 is 1.36 bits per heavy atom. The van der Waals surface area contributed by atoms with Gasteiger partial charge in [-0.05, 0) is 18.3 Å². The van der Waals surface area contributed by atoms with Crippen molar-refractivity contribution in [3.63, 3.8) is 0 Å². The summed E-state index contributed by atoms with van der Waals surface area (Å²) < 4.78 is 0. The van der Waals surface area contributed by atoms with E-state index in [4.69, 9.17) is 0 Å². The first-order valence-corrected chi connectivity index (χ1v) is 4.31. The van der Waals surface area contributed by atoms with Crippen LogP contribution in [0.5, 0.6) is 0 Å². The largest absolute Gasteiger partial charge is 0.375 e. The second kappa shape index (κ2) is 2.54. The summed E-state index contributed by atoms with van der Waals surface area (Å²) >= 11 is 0. The van der Waals surface area contributed by atoms with Gasteiger partial charge in [-0.1, -0.05) is 27.4 Å². The standard InChI is InChI=1S/C10H19N/c1-8(2)11-6-9(7-11)10(3,4)5/h9H,1,6-7H2,2-5H3. The lowest BCUT2D eigenvalue weighted by molar-refractivity contribution is 0.0526. The third-order valence-corrected chi connectivity index (χ3v) is 2.65. The predicted octanol–water partition coefficient (Wildman–Crippen LogP) is 2.50. The Bertz CT molecular complexity index is 158. The predicted molar refractivity (Wildman–Crippen MR) is 49.3 cm³/mol. The van der Waals surface area contributed by atoms with Gasteiger partial charge < -0.3 is 4.90 Å². The highest BCUT2D eigenvalue weighted by molar-refractivity contribution is 4.99. The van der Waals surface area contributed by atoms with Gasteiger partial charge in [0.05, 0.1) is 0 Å². The summed E-state index contributed by atoms with van der Waals surface area (Å²) in [4.78, 5) is 2.34. The molecule has 0 radical (unpaired) electrons. The van der Waals surface area contributed by atoms with Gasteiger partial charge in [-0.3, -0.25) is 0 Å². The van der Waals surface area contributed by atoms with Gasteiger partial charge in [0.25, 0.3) is 0 Å². The van der Waals surface area contributed by atoms with E-state index in [0.717, 1.165) is 5.92 Å². The van der Waals surface area contributed by atoms with Gasteiger partial charge >= 0.3 is 0 Å². The molecule has 0 aromatic heterocycles. The number of rotatable bonds is 1. The second-order valence-electron chi connectivity index (χ2n) is 4.70. The Kier molecular flexibility index (Phi) is 2.00. The van der Waals surface area contributed by atoms with Gasteiger partial charge in [-0.2, -0.15) is 0 Å². The van der Waals surface area contributed by atoms with Gasteiger partial charge in [0, 0.05) is 18.8 Å². The first-order valence-electron chi connectivity index (χ1n) is 4.31. The molecule has 0 aromatic rings. The van der Waals surface area contributed by atoms with E-state index in [1.165, 1.54) is 18.8 Å². The van der Waals surface area contributed by atoms with E-state index in [2.05, 4.69) is 39.2 Å². The summed E-state index contributed by atoms with van der Waals surface area (Å²) in [7, 11) is 0. The lowest BCUT2D eigenvalue weighted by atomic mass is 9.76. The quantitative estimate of drug-likeness (QED) is 0.559. The number of nitrogens with zero attached hydrogens (tertiary/aromatic N) is 1. The van der Waals surface area contributed by atoms with Crippen LogP contribution in [0.3, 0.4) is 0 Å². The van der Waals surface area contributed by atoms with Crippen molar-refractivity contribution in [1.29, 1.82) is 0 Å². The van der Waals surface area contributed by atoms with Crippen LogP contribution in [0.4, 0.5) is 0 Å². The Labute approximate surface area is 70.1 Å². The summed E-state index contributed by atoms with van der Waals surface area (Å²) in [5.74, 6) is 0.860. The van der Waals surface area contributed by atoms with Crippen molar-refractivity contribution in [2.24, 2.45) is 11.3 Å². The molecule has 0 unspecified atom stereocenters. The molecule has 1 nitrogen and oxygen atoms in total. The smallest absolute Gasteiger partial charge is 0.0225 e. The Morgan fingerprint density at radius 3 is 2.09 bits per heavy atom. The van der Waals surface area contributed by atoms with Crippen LogP contribution >= 0.6 is 0 Å². The van der Waals surface area contributed by atoms with Gasteiger partial charge in [0.2, 0.25) is 0 Å². The van der Waals surface area contributed by atoms with E-state index >= 15 is 0 Å². The molecule has 0 bridgehead atoms. The maximum Gasteiger partial charge on any atom is 0.0225 e. The van der Waals surface area contributed by atoms with Crippen LogP contribution < -0.4 is 0 Å².